The fourth-order valence-corrected chi connectivity index (χ4v) is 2.48. The molecule has 1 N–H and O–H groups in total. The van der Waals surface area contributed by atoms with Crippen molar-refractivity contribution in [3.63, 3.8) is 0 Å². The molecule has 0 atom stereocenters. The number of amides is 2. The summed E-state index contributed by atoms with van der Waals surface area (Å²) in [4.78, 5) is 37.4. The van der Waals surface area contributed by atoms with Crippen molar-refractivity contribution in [3.8, 4) is 0 Å². The van der Waals surface area contributed by atoms with Gasteiger partial charge < -0.3 is 14.8 Å². The summed E-state index contributed by atoms with van der Waals surface area (Å²) >= 11 is 0. The first kappa shape index (κ1) is 27.7. The lowest BCUT2D eigenvalue weighted by Gasteiger charge is -2.27. The zero-order valence-corrected chi connectivity index (χ0v) is 20.1. The SMILES string of the molecule is CCCCN(CC(=O)NCC(=O)OCc1ccccc1)C(=O)OC(C)(C)C.c1ccccc1. The number of nitrogens with one attached hydrogen (secondary N) is 1. The van der Waals surface area contributed by atoms with Gasteiger partial charge in [-0.3, -0.25) is 14.5 Å². The van der Waals surface area contributed by atoms with Crippen LogP contribution in [-0.4, -0.2) is 48.1 Å². The third-order valence-corrected chi connectivity index (χ3v) is 4.11. The van der Waals surface area contributed by atoms with E-state index in [-0.39, 0.29) is 19.7 Å². The van der Waals surface area contributed by atoms with Gasteiger partial charge in [0.1, 0.15) is 25.3 Å². The maximum absolute atomic E-state index is 12.2. The molecule has 0 heterocycles. The molecule has 2 aromatic rings. The minimum absolute atomic E-state index is 0.149. The van der Waals surface area contributed by atoms with Gasteiger partial charge >= 0.3 is 12.1 Å². The number of esters is 1. The lowest BCUT2D eigenvalue weighted by atomic mass is 10.2. The van der Waals surface area contributed by atoms with Crippen LogP contribution in [0.4, 0.5) is 4.79 Å². The van der Waals surface area contributed by atoms with Crippen LogP contribution in [0.3, 0.4) is 0 Å². The van der Waals surface area contributed by atoms with E-state index in [9.17, 15) is 14.4 Å². The van der Waals surface area contributed by atoms with Crippen LogP contribution in [-0.2, 0) is 25.7 Å². The molecule has 7 heteroatoms. The van der Waals surface area contributed by atoms with Crippen LogP contribution < -0.4 is 5.32 Å². The Balaban J connectivity index is 0.000000779. The van der Waals surface area contributed by atoms with Gasteiger partial charge in [0, 0.05) is 6.54 Å². The largest absolute Gasteiger partial charge is 0.460 e. The first-order valence-electron chi connectivity index (χ1n) is 11.2. The molecule has 33 heavy (non-hydrogen) atoms. The Morgan fingerprint density at radius 1 is 0.909 bits per heavy atom. The Bertz CT molecular complexity index is 793. The second kappa shape index (κ2) is 15.5. The second-order valence-corrected chi connectivity index (χ2v) is 8.33. The molecule has 2 amide bonds. The van der Waals surface area contributed by atoms with E-state index in [2.05, 4.69) is 5.32 Å². The lowest BCUT2D eigenvalue weighted by molar-refractivity contribution is -0.145. The first-order chi connectivity index (χ1) is 15.7. The zero-order chi connectivity index (χ0) is 24.5. The number of benzene rings is 2. The predicted octanol–water partition coefficient (Wildman–Crippen LogP) is 4.57. The number of ether oxygens (including phenoxy) is 2. The van der Waals surface area contributed by atoms with E-state index in [1.165, 1.54) is 4.90 Å². The highest BCUT2D eigenvalue weighted by Crippen LogP contribution is 2.10. The van der Waals surface area contributed by atoms with Crippen molar-refractivity contribution in [2.45, 2.75) is 52.7 Å². The van der Waals surface area contributed by atoms with Gasteiger partial charge in [0.2, 0.25) is 5.91 Å². The highest BCUT2D eigenvalue weighted by molar-refractivity contribution is 5.85. The standard InChI is InChI=1S/C20H30N2O5.C6H6/c1-5-6-12-22(19(25)27-20(2,3)4)14-17(23)21-13-18(24)26-15-16-10-8-7-9-11-16;1-2-4-6-5-3-1/h7-11H,5-6,12-15H2,1-4H3,(H,21,23);1-6H. The summed E-state index contributed by atoms with van der Waals surface area (Å²) < 4.78 is 10.4. The normalized spacial score (nSPS) is 10.3. The Morgan fingerprint density at radius 3 is 1.97 bits per heavy atom. The van der Waals surface area contributed by atoms with Crippen LogP contribution >= 0.6 is 0 Å². The molecule has 0 unspecified atom stereocenters. The van der Waals surface area contributed by atoms with Crippen LogP contribution in [0.25, 0.3) is 0 Å². The summed E-state index contributed by atoms with van der Waals surface area (Å²) in [5.74, 6) is -0.974. The molecule has 0 radical (unpaired) electrons. The number of carbonyl (C=O) groups is 3. The molecular formula is C26H36N2O5. The fourth-order valence-electron chi connectivity index (χ4n) is 2.48. The summed E-state index contributed by atoms with van der Waals surface area (Å²) in [6.07, 6.45) is 1.09. The van der Waals surface area contributed by atoms with E-state index in [1.54, 1.807) is 20.8 Å². The van der Waals surface area contributed by atoms with Gasteiger partial charge in [0.25, 0.3) is 0 Å². The van der Waals surface area contributed by atoms with Gasteiger partial charge in [-0.05, 0) is 32.8 Å². The number of rotatable bonds is 9. The minimum atomic E-state index is -0.640. The van der Waals surface area contributed by atoms with Gasteiger partial charge in [0.05, 0.1) is 0 Å². The van der Waals surface area contributed by atoms with Crippen molar-refractivity contribution in [1.82, 2.24) is 10.2 Å². The first-order valence-corrected chi connectivity index (χ1v) is 11.2. The molecule has 2 aromatic carbocycles. The van der Waals surface area contributed by atoms with Gasteiger partial charge in [-0.1, -0.05) is 80.1 Å². The second-order valence-electron chi connectivity index (χ2n) is 8.33. The Labute approximate surface area is 197 Å². The van der Waals surface area contributed by atoms with E-state index in [0.717, 1.165) is 18.4 Å². The van der Waals surface area contributed by atoms with Crippen LogP contribution in [0.1, 0.15) is 46.1 Å². The molecule has 7 nitrogen and oxygen atoms in total. The Morgan fingerprint density at radius 2 is 1.45 bits per heavy atom. The summed E-state index contributed by atoms with van der Waals surface area (Å²) in [6.45, 7) is 7.45. The van der Waals surface area contributed by atoms with E-state index in [1.807, 2.05) is 73.7 Å². The molecule has 0 saturated heterocycles. The summed E-state index contributed by atoms with van der Waals surface area (Å²) in [5, 5.41) is 2.48. The molecule has 0 spiro atoms. The van der Waals surface area contributed by atoms with Crippen molar-refractivity contribution < 1.29 is 23.9 Å². The molecule has 0 bridgehead atoms. The van der Waals surface area contributed by atoms with Crippen molar-refractivity contribution in [2.24, 2.45) is 0 Å². The third-order valence-electron chi connectivity index (χ3n) is 4.11. The monoisotopic (exact) mass is 456 g/mol. The molecule has 0 fully saturated rings. The molecule has 0 aliphatic carbocycles. The van der Waals surface area contributed by atoms with Gasteiger partial charge in [-0.15, -0.1) is 0 Å². The van der Waals surface area contributed by atoms with Crippen molar-refractivity contribution in [1.29, 1.82) is 0 Å². The maximum Gasteiger partial charge on any atom is 0.410 e. The quantitative estimate of drug-likeness (QED) is 0.559. The highest BCUT2D eigenvalue weighted by Gasteiger charge is 2.23. The zero-order valence-electron chi connectivity index (χ0n) is 20.1. The van der Waals surface area contributed by atoms with E-state index in [0.29, 0.717) is 6.54 Å². The molecular weight excluding hydrogens is 420 g/mol. The topological polar surface area (TPSA) is 84.9 Å². The minimum Gasteiger partial charge on any atom is -0.460 e. The molecule has 180 valence electrons. The molecule has 2 rings (SSSR count). The van der Waals surface area contributed by atoms with Gasteiger partial charge in [-0.2, -0.15) is 0 Å². The van der Waals surface area contributed by atoms with Crippen molar-refractivity contribution in [2.75, 3.05) is 19.6 Å². The van der Waals surface area contributed by atoms with Crippen LogP contribution in [0.5, 0.6) is 0 Å². The number of nitrogens with zero attached hydrogens (tertiary/aromatic N) is 1. The van der Waals surface area contributed by atoms with Crippen LogP contribution in [0.15, 0.2) is 66.7 Å². The van der Waals surface area contributed by atoms with Crippen molar-refractivity contribution in [3.05, 3.63) is 72.3 Å². The molecule has 0 aromatic heterocycles. The van der Waals surface area contributed by atoms with E-state index < -0.39 is 23.6 Å². The molecule has 0 saturated carbocycles. The Kier molecular flexibility index (Phi) is 13.0. The van der Waals surface area contributed by atoms with E-state index in [4.69, 9.17) is 9.47 Å². The number of hydrogen-bond acceptors (Lipinski definition) is 5. The summed E-state index contributed by atoms with van der Waals surface area (Å²) in [6, 6.07) is 21.3. The highest BCUT2D eigenvalue weighted by atomic mass is 16.6. The fraction of sp³-hybridized carbons (Fsp3) is 0.423. The average molecular weight is 457 g/mol. The number of carbonyl (C=O) groups excluding carboxylic acids is 3. The predicted molar refractivity (Wildman–Crippen MR) is 128 cm³/mol. The van der Waals surface area contributed by atoms with Crippen LogP contribution in [0.2, 0.25) is 0 Å². The van der Waals surface area contributed by atoms with Gasteiger partial charge in [0.15, 0.2) is 0 Å². The van der Waals surface area contributed by atoms with Crippen LogP contribution in [0, 0.1) is 0 Å². The van der Waals surface area contributed by atoms with E-state index >= 15 is 0 Å². The molecule has 0 aliphatic rings. The maximum atomic E-state index is 12.2. The summed E-state index contributed by atoms with van der Waals surface area (Å²) in [7, 11) is 0. The Hall–Kier alpha value is -3.35. The van der Waals surface area contributed by atoms with Gasteiger partial charge in [-0.25, -0.2) is 4.79 Å². The smallest absolute Gasteiger partial charge is 0.410 e. The lowest BCUT2D eigenvalue weighted by Crippen LogP contribution is -2.44. The number of hydrogen-bond donors (Lipinski definition) is 1. The van der Waals surface area contributed by atoms with Crippen molar-refractivity contribution >= 4 is 18.0 Å². The molecule has 0 aliphatic heterocycles. The average Bonchev–Trinajstić information content (AvgIpc) is 2.80. The number of unbranched alkanes of at least 4 members (excludes halogenated alkanes) is 1. The third kappa shape index (κ3) is 14.4. The summed E-state index contributed by atoms with van der Waals surface area (Å²) in [5.41, 5.74) is 0.229.